The molecule has 0 fully saturated rings. The van der Waals surface area contributed by atoms with E-state index in [9.17, 15) is 4.79 Å². The fraction of sp³-hybridized carbons (Fsp3) is 0.211. The normalized spacial score (nSPS) is 10.3. The van der Waals surface area contributed by atoms with E-state index in [2.05, 4.69) is 15.3 Å². The van der Waals surface area contributed by atoms with Gasteiger partial charge in [-0.3, -0.25) is 9.78 Å². The van der Waals surface area contributed by atoms with Crippen molar-refractivity contribution < 1.29 is 23.4 Å². The van der Waals surface area contributed by atoms with Gasteiger partial charge in [0.05, 0.1) is 39.8 Å². The molecule has 2 aromatic heterocycles. The maximum Gasteiger partial charge on any atom is 0.251 e. The zero-order valence-corrected chi connectivity index (χ0v) is 15.2. The fourth-order valence-electron chi connectivity index (χ4n) is 2.59. The van der Waals surface area contributed by atoms with Crippen LogP contribution in [0.2, 0.25) is 0 Å². The van der Waals surface area contributed by atoms with E-state index in [4.69, 9.17) is 18.6 Å². The summed E-state index contributed by atoms with van der Waals surface area (Å²) in [6.07, 6.45) is 4.69. The first-order valence-electron chi connectivity index (χ1n) is 8.10. The van der Waals surface area contributed by atoms with Gasteiger partial charge < -0.3 is 23.9 Å². The smallest absolute Gasteiger partial charge is 0.251 e. The van der Waals surface area contributed by atoms with Crippen LogP contribution >= 0.6 is 0 Å². The molecular weight excluding hydrogens is 350 g/mol. The van der Waals surface area contributed by atoms with Crippen LogP contribution in [0.25, 0.3) is 11.5 Å². The molecule has 0 atom stereocenters. The summed E-state index contributed by atoms with van der Waals surface area (Å²) in [5.41, 5.74) is 1.54. The predicted molar refractivity (Wildman–Crippen MR) is 97.0 cm³/mol. The number of nitrogens with zero attached hydrogens (tertiary/aromatic N) is 2. The fourth-order valence-corrected chi connectivity index (χ4v) is 2.59. The molecule has 1 N–H and O–H groups in total. The number of hydrogen-bond donors (Lipinski definition) is 1. The molecule has 0 radical (unpaired) electrons. The van der Waals surface area contributed by atoms with E-state index in [-0.39, 0.29) is 12.5 Å². The lowest BCUT2D eigenvalue weighted by Crippen LogP contribution is -2.24. The highest BCUT2D eigenvalue weighted by Gasteiger charge is 2.18. The predicted octanol–water partition coefficient (Wildman–Crippen LogP) is 2.69. The molecule has 1 aromatic carbocycles. The molecule has 0 spiro atoms. The van der Waals surface area contributed by atoms with Crippen LogP contribution in [0.3, 0.4) is 0 Å². The second kappa shape index (κ2) is 8.22. The van der Waals surface area contributed by atoms with Crippen LogP contribution in [0.15, 0.2) is 47.3 Å². The van der Waals surface area contributed by atoms with Crippen molar-refractivity contribution in [2.75, 3.05) is 21.3 Å². The summed E-state index contributed by atoms with van der Waals surface area (Å²) in [6.45, 7) is 0.180. The van der Waals surface area contributed by atoms with Gasteiger partial charge in [0.15, 0.2) is 17.3 Å². The highest BCUT2D eigenvalue weighted by Crippen LogP contribution is 2.38. The first-order valence-corrected chi connectivity index (χ1v) is 8.10. The highest BCUT2D eigenvalue weighted by molar-refractivity contribution is 5.95. The van der Waals surface area contributed by atoms with Crippen LogP contribution in [0.1, 0.15) is 16.1 Å². The number of benzene rings is 1. The van der Waals surface area contributed by atoms with Crippen molar-refractivity contribution in [3.63, 3.8) is 0 Å². The zero-order valence-electron chi connectivity index (χ0n) is 15.2. The van der Waals surface area contributed by atoms with Crippen molar-refractivity contribution in [2.45, 2.75) is 6.54 Å². The highest BCUT2D eigenvalue weighted by atomic mass is 16.5. The summed E-state index contributed by atoms with van der Waals surface area (Å²) in [5.74, 6) is 1.49. The Labute approximate surface area is 156 Å². The molecule has 1 amide bonds. The molecule has 3 aromatic rings. The molecule has 0 aliphatic heterocycles. The third kappa shape index (κ3) is 3.84. The Morgan fingerprint density at radius 3 is 2.37 bits per heavy atom. The lowest BCUT2D eigenvalue weighted by atomic mass is 10.1. The molecular formula is C19H19N3O5. The first kappa shape index (κ1) is 18.2. The number of nitrogens with one attached hydrogen (secondary N) is 1. The second-order valence-corrected chi connectivity index (χ2v) is 5.43. The Kier molecular flexibility index (Phi) is 5.55. The van der Waals surface area contributed by atoms with Gasteiger partial charge in [0.25, 0.3) is 5.91 Å². The summed E-state index contributed by atoms with van der Waals surface area (Å²) in [4.78, 5) is 21.2. The van der Waals surface area contributed by atoms with Gasteiger partial charge in [-0.1, -0.05) is 0 Å². The third-order valence-electron chi connectivity index (χ3n) is 3.87. The minimum Gasteiger partial charge on any atom is -0.493 e. The van der Waals surface area contributed by atoms with Crippen LogP contribution in [0, 0.1) is 0 Å². The van der Waals surface area contributed by atoms with E-state index in [1.807, 2.05) is 0 Å². The molecule has 140 valence electrons. The molecule has 0 unspecified atom stereocenters. The molecule has 8 heteroatoms. The van der Waals surface area contributed by atoms with E-state index in [0.29, 0.717) is 40.0 Å². The number of methoxy groups -OCH3 is 3. The average Bonchev–Trinajstić information content (AvgIpc) is 3.25. The number of furan rings is 1. The van der Waals surface area contributed by atoms with Gasteiger partial charge in [0, 0.05) is 18.0 Å². The van der Waals surface area contributed by atoms with E-state index < -0.39 is 0 Å². The van der Waals surface area contributed by atoms with Gasteiger partial charge in [0.2, 0.25) is 5.75 Å². The molecule has 8 nitrogen and oxygen atoms in total. The van der Waals surface area contributed by atoms with Crippen molar-refractivity contribution >= 4 is 5.91 Å². The molecule has 0 aliphatic rings. The number of hydrogen-bond acceptors (Lipinski definition) is 7. The van der Waals surface area contributed by atoms with E-state index in [0.717, 1.165) is 0 Å². The van der Waals surface area contributed by atoms with Gasteiger partial charge in [0.1, 0.15) is 5.69 Å². The molecule has 0 saturated heterocycles. The van der Waals surface area contributed by atoms with E-state index in [1.54, 1.807) is 42.9 Å². The van der Waals surface area contributed by atoms with Gasteiger partial charge >= 0.3 is 0 Å². The minimum atomic E-state index is -0.315. The minimum absolute atomic E-state index is 0.180. The monoisotopic (exact) mass is 369 g/mol. The van der Waals surface area contributed by atoms with Gasteiger partial charge in [-0.2, -0.15) is 0 Å². The number of amides is 1. The molecule has 27 heavy (non-hydrogen) atoms. The molecule has 0 saturated carbocycles. The van der Waals surface area contributed by atoms with Gasteiger partial charge in [-0.15, -0.1) is 0 Å². The standard InChI is InChI=1S/C19H19N3O5/c1-24-15-9-12(10-16(25-2)18(15)26-3)19(23)22-11-13-17(21-7-6-20-13)14-5-4-8-27-14/h4-10H,11H2,1-3H3,(H,22,23). The van der Waals surface area contributed by atoms with E-state index in [1.165, 1.54) is 21.3 Å². The number of ether oxygens (including phenoxy) is 3. The van der Waals surface area contributed by atoms with Crippen molar-refractivity contribution in [3.05, 3.63) is 54.2 Å². The van der Waals surface area contributed by atoms with Crippen molar-refractivity contribution in [3.8, 4) is 28.7 Å². The summed E-state index contributed by atoms with van der Waals surface area (Å²) >= 11 is 0. The Balaban J connectivity index is 1.81. The summed E-state index contributed by atoms with van der Waals surface area (Å²) in [5, 5.41) is 2.82. The van der Waals surface area contributed by atoms with Crippen LogP contribution in [0.5, 0.6) is 17.2 Å². The Hall–Kier alpha value is -3.55. The average molecular weight is 369 g/mol. The number of aromatic nitrogens is 2. The second-order valence-electron chi connectivity index (χ2n) is 5.43. The number of carbonyl (C=O) groups is 1. The van der Waals surface area contributed by atoms with Crippen LogP contribution in [0.4, 0.5) is 0 Å². The Morgan fingerprint density at radius 1 is 1.07 bits per heavy atom. The lowest BCUT2D eigenvalue weighted by Gasteiger charge is -2.14. The number of carbonyl (C=O) groups excluding carboxylic acids is 1. The van der Waals surface area contributed by atoms with Gasteiger partial charge in [-0.05, 0) is 24.3 Å². The molecule has 0 bridgehead atoms. The molecule has 3 rings (SSSR count). The van der Waals surface area contributed by atoms with Crippen LogP contribution in [-0.4, -0.2) is 37.2 Å². The van der Waals surface area contributed by atoms with Crippen LogP contribution < -0.4 is 19.5 Å². The summed E-state index contributed by atoms with van der Waals surface area (Å²) < 4.78 is 21.2. The topological polar surface area (TPSA) is 95.7 Å². The molecule has 2 heterocycles. The first-order chi connectivity index (χ1) is 13.2. The quantitative estimate of drug-likeness (QED) is 0.684. The van der Waals surface area contributed by atoms with Crippen LogP contribution in [-0.2, 0) is 6.54 Å². The largest absolute Gasteiger partial charge is 0.493 e. The summed E-state index contributed by atoms with van der Waals surface area (Å²) in [6, 6.07) is 6.72. The molecule has 0 aliphatic carbocycles. The SMILES string of the molecule is COc1cc(C(=O)NCc2nccnc2-c2ccco2)cc(OC)c1OC. The van der Waals surface area contributed by atoms with Gasteiger partial charge in [-0.25, -0.2) is 4.98 Å². The van der Waals surface area contributed by atoms with E-state index >= 15 is 0 Å². The lowest BCUT2D eigenvalue weighted by molar-refractivity contribution is 0.0949. The van der Waals surface area contributed by atoms with Crippen molar-refractivity contribution in [1.29, 1.82) is 0 Å². The number of rotatable bonds is 7. The zero-order chi connectivity index (χ0) is 19.2. The summed E-state index contributed by atoms with van der Waals surface area (Å²) in [7, 11) is 4.49. The third-order valence-corrected chi connectivity index (χ3v) is 3.87. The van der Waals surface area contributed by atoms with Crippen molar-refractivity contribution in [1.82, 2.24) is 15.3 Å². The van der Waals surface area contributed by atoms with Crippen molar-refractivity contribution in [2.24, 2.45) is 0 Å². The Morgan fingerprint density at radius 2 is 1.78 bits per heavy atom. The maximum atomic E-state index is 12.6. The Bertz CT molecular complexity index is 900. The maximum absolute atomic E-state index is 12.6.